The van der Waals surface area contributed by atoms with Crippen molar-refractivity contribution in [1.82, 2.24) is 0 Å². The second-order valence-electron chi connectivity index (χ2n) is 4.03. The Kier molecular flexibility index (Phi) is 4.07. The van der Waals surface area contributed by atoms with Crippen LogP contribution in [0.25, 0.3) is 0 Å². The quantitative estimate of drug-likeness (QED) is 0.865. The predicted molar refractivity (Wildman–Crippen MR) is 70.4 cm³/mol. The summed E-state index contributed by atoms with van der Waals surface area (Å²) in [6.45, 7) is 0.318. The van der Waals surface area contributed by atoms with Crippen molar-refractivity contribution in [2.24, 2.45) is 0 Å². The molecule has 0 aliphatic carbocycles. The van der Waals surface area contributed by atoms with Crippen LogP contribution in [0.3, 0.4) is 0 Å². The zero-order valence-electron chi connectivity index (χ0n) is 10.6. The van der Waals surface area contributed by atoms with Crippen LogP contribution in [0.1, 0.15) is 5.76 Å². The van der Waals surface area contributed by atoms with Crippen LogP contribution in [0.5, 0.6) is 5.75 Å². The monoisotopic (exact) mass is 261 g/mol. The minimum atomic E-state index is -0.887. The summed E-state index contributed by atoms with van der Waals surface area (Å²) >= 11 is 0. The normalized spacial score (nSPS) is 10.2. The summed E-state index contributed by atoms with van der Waals surface area (Å²) in [5.74, 6) is 0.566. The molecule has 0 aliphatic rings. The molecule has 1 heterocycles. The van der Waals surface area contributed by atoms with Crippen LogP contribution in [-0.4, -0.2) is 24.7 Å². The molecule has 2 rings (SSSR count). The van der Waals surface area contributed by atoms with E-state index in [-0.39, 0.29) is 6.54 Å². The van der Waals surface area contributed by atoms with E-state index in [1.165, 1.54) is 0 Å². The third-order valence-electron chi connectivity index (χ3n) is 2.69. The van der Waals surface area contributed by atoms with Gasteiger partial charge in [0.25, 0.3) is 0 Å². The highest BCUT2D eigenvalue weighted by atomic mass is 16.5. The zero-order valence-corrected chi connectivity index (χ0v) is 10.6. The van der Waals surface area contributed by atoms with Crippen molar-refractivity contribution in [2.75, 3.05) is 18.6 Å². The smallest absolute Gasteiger partial charge is 0.323 e. The van der Waals surface area contributed by atoms with Gasteiger partial charge in [0.1, 0.15) is 18.1 Å². The van der Waals surface area contributed by atoms with E-state index in [9.17, 15) is 4.79 Å². The molecule has 0 unspecified atom stereocenters. The molecule has 0 spiro atoms. The lowest BCUT2D eigenvalue weighted by molar-refractivity contribution is -0.135. The van der Waals surface area contributed by atoms with E-state index in [4.69, 9.17) is 14.3 Å². The second-order valence-corrected chi connectivity index (χ2v) is 4.03. The van der Waals surface area contributed by atoms with Crippen LogP contribution in [0.4, 0.5) is 5.69 Å². The van der Waals surface area contributed by atoms with Gasteiger partial charge in [0.05, 0.1) is 19.9 Å². The Labute approximate surface area is 111 Å². The lowest BCUT2D eigenvalue weighted by Gasteiger charge is -2.21. The fourth-order valence-electron chi connectivity index (χ4n) is 1.79. The molecular weight excluding hydrogens is 246 g/mol. The zero-order chi connectivity index (χ0) is 13.7. The molecule has 0 amide bonds. The summed E-state index contributed by atoms with van der Waals surface area (Å²) in [6, 6.07) is 10.8. The molecule has 0 atom stereocenters. The number of hydrogen-bond acceptors (Lipinski definition) is 4. The van der Waals surface area contributed by atoms with Gasteiger partial charge in [-0.2, -0.15) is 0 Å². The van der Waals surface area contributed by atoms with Crippen LogP contribution in [0.2, 0.25) is 0 Å². The Morgan fingerprint density at radius 2 is 2.05 bits per heavy atom. The molecule has 0 bridgehead atoms. The first-order valence-corrected chi connectivity index (χ1v) is 5.82. The predicted octanol–water partition coefficient (Wildman–Crippen LogP) is 2.38. The van der Waals surface area contributed by atoms with Gasteiger partial charge in [-0.1, -0.05) is 0 Å². The minimum Gasteiger partial charge on any atom is -0.497 e. The number of nitrogens with zero attached hydrogens (tertiary/aromatic N) is 1. The summed E-state index contributed by atoms with van der Waals surface area (Å²) in [5.41, 5.74) is 0.805. The number of methoxy groups -OCH3 is 1. The largest absolute Gasteiger partial charge is 0.497 e. The summed E-state index contributed by atoms with van der Waals surface area (Å²) in [6.07, 6.45) is 1.57. The van der Waals surface area contributed by atoms with Crippen LogP contribution < -0.4 is 9.64 Å². The van der Waals surface area contributed by atoms with Crippen LogP contribution >= 0.6 is 0 Å². The fraction of sp³-hybridized carbons (Fsp3) is 0.214. The van der Waals surface area contributed by atoms with Crippen LogP contribution in [-0.2, 0) is 11.3 Å². The first kappa shape index (κ1) is 13.0. The van der Waals surface area contributed by atoms with Crippen molar-refractivity contribution in [3.63, 3.8) is 0 Å². The Balaban J connectivity index is 2.17. The molecule has 5 heteroatoms. The highest BCUT2D eigenvalue weighted by Gasteiger charge is 2.12. The maximum atomic E-state index is 10.9. The van der Waals surface area contributed by atoms with Crippen LogP contribution in [0.15, 0.2) is 47.1 Å². The van der Waals surface area contributed by atoms with Gasteiger partial charge in [0, 0.05) is 5.69 Å². The van der Waals surface area contributed by atoms with E-state index in [0.717, 1.165) is 17.2 Å². The molecule has 2 aromatic rings. The second kappa shape index (κ2) is 5.95. The van der Waals surface area contributed by atoms with Crippen molar-refractivity contribution in [2.45, 2.75) is 6.54 Å². The molecule has 1 aromatic carbocycles. The van der Waals surface area contributed by atoms with E-state index in [0.29, 0.717) is 6.54 Å². The van der Waals surface area contributed by atoms with E-state index < -0.39 is 5.97 Å². The maximum Gasteiger partial charge on any atom is 0.323 e. The average Bonchev–Trinajstić information content (AvgIpc) is 2.90. The number of carbonyl (C=O) groups is 1. The summed E-state index contributed by atoms with van der Waals surface area (Å²) in [5, 5.41) is 8.98. The van der Waals surface area contributed by atoms with Gasteiger partial charge in [0.2, 0.25) is 0 Å². The van der Waals surface area contributed by atoms with E-state index in [2.05, 4.69) is 0 Å². The van der Waals surface area contributed by atoms with E-state index in [1.54, 1.807) is 36.5 Å². The molecule has 100 valence electrons. The van der Waals surface area contributed by atoms with Crippen molar-refractivity contribution in [3.8, 4) is 5.75 Å². The molecule has 0 saturated carbocycles. The summed E-state index contributed by atoms with van der Waals surface area (Å²) in [7, 11) is 1.59. The highest BCUT2D eigenvalue weighted by Crippen LogP contribution is 2.21. The van der Waals surface area contributed by atoms with Crippen LogP contribution in [0, 0.1) is 0 Å². The van der Waals surface area contributed by atoms with E-state index in [1.807, 2.05) is 18.2 Å². The first-order chi connectivity index (χ1) is 9.19. The molecule has 0 saturated heterocycles. The van der Waals surface area contributed by atoms with Crippen molar-refractivity contribution in [1.29, 1.82) is 0 Å². The minimum absolute atomic E-state index is 0.0902. The van der Waals surface area contributed by atoms with Gasteiger partial charge in [-0.3, -0.25) is 4.79 Å². The van der Waals surface area contributed by atoms with Gasteiger partial charge in [0.15, 0.2) is 0 Å². The maximum absolute atomic E-state index is 10.9. The topological polar surface area (TPSA) is 62.9 Å². The number of aliphatic carboxylic acids is 1. The fourth-order valence-corrected chi connectivity index (χ4v) is 1.79. The molecule has 5 nitrogen and oxygen atoms in total. The molecular formula is C14H15NO4. The molecule has 0 aliphatic heterocycles. The standard InChI is InChI=1S/C14H15NO4/c1-18-12-6-4-11(5-7-12)15(10-14(16)17)9-13-3-2-8-19-13/h2-8H,9-10H2,1H3,(H,16,17). The van der Waals surface area contributed by atoms with Gasteiger partial charge in [-0.05, 0) is 36.4 Å². The number of rotatable bonds is 6. The number of benzene rings is 1. The Morgan fingerprint density at radius 1 is 1.32 bits per heavy atom. The molecule has 0 fully saturated rings. The number of anilines is 1. The average molecular weight is 261 g/mol. The Bertz CT molecular complexity index is 519. The molecule has 0 radical (unpaired) electrons. The van der Waals surface area contributed by atoms with Gasteiger partial charge in [-0.15, -0.1) is 0 Å². The Morgan fingerprint density at radius 3 is 2.58 bits per heavy atom. The number of furan rings is 1. The lowest BCUT2D eigenvalue weighted by Crippen LogP contribution is -2.28. The number of hydrogen-bond donors (Lipinski definition) is 1. The number of carboxylic acids is 1. The van der Waals surface area contributed by atoms with Gasteiger partial charge >= 0.3 is 5.97 Å². The van der Waals surface area contributed by atoms with Gasteiger partial charge in [-0.25, -0.2) is 0 Å². The highest BCUT2D eigenvalue weighted by molar-refractivity contribution is 5.73. The van der Waals surface area contributed by atoms with E-state index >= 15 is 0 Å². The van der Waals surface area contributed by atoms with Crippen molar-refractivity contribution < 1.29 is 19.1 Å². The molecule has 1 aromatic heterocycles. The SMILES string of the molecule is COc1ccc(N(CC(=O)O)Cc2ccco2)cc1. The van der Waals surface area contributed by atoms with Crippen molar-refractivity contribution >= 4 is 11.7 Å². The third kappa shape index (κ3) is 3.51. The number of carboxylic acid groups (broad SMARTS) is 1. The molecule has 19 heavy (non-hydrogen) atoms. The number of ether oxygens (including phenoxy) is 1. The third-order valence-corrected chi connectivity index (χ3v) is 2.69. The molecule has 1 N–H and O–H groups in total. The van der Waals surface area contributed by atoms with Gasteiger partial charge < -0.3 is 19.2 Å². The summed E-state index contributed by atoms with van der Waals surface area (Å²) < 4.78 is 10.3. The Hall–Kier alpha value is -2.43. The summed E-state index contributed by atoms with van der Waals surface area (Å²) in [4.78, 5) is 12.7. The first-order valence-electron chi connectivity index (χ1n) is 5.82. The van der Waals surface area contributed by atoms with Crippen molar-refractivity contribution in [3.05, 3.63) is 48.4 Å². The lowest BCUT2D eigenvalue weighted by atomic mass is 10.2.